The second-order valence-electron chi connectivity index (χ2n) is 4.10. The second-order valence-corrected chi connectivity index (χ2v) is 4.10. The molecule has 1 aromatic carbocycles. The predicted octanol–water partition coefficient (Wildman–Crippen LogP) is 2.97. The molecular formula is C14H18O2. The van der Waals surface area contributed by atoms with Crippen molar-refractivity contribution in [3.8, 4) is 0 Å². The maximum Gasteiger partial charge on any atom is 0.159 e. The molecule has 2 heteroatoms. The molecule has 0 bridgehead atoms. The summed E-state index contributed by atoms with van der Waals surface area (Å²) in [5.74, 6) is 0.266. The number of aryl methyl sites for hydroxylation is 2. The molecule has 0 aliphatic rings. The molecule has 86 valence electrons. The molecule has 1 rings (SSSR count). The van der Waals surface area contributed by atoms with Gasteiger partial charge in [-0.25, -0.2) is 0 Å². The van der Waals surface area contributed by atoms with Crippen LogP contribution in [-0.2, 0) is 17.6 Å². The first-order valence-corrected chi connectivity index (χ1v) is 5.66. The lowest BCUT2D eigenvalue weighted by atomic mass is 9.96. The summed E-state index contributed by atoms with van der Waals surface area (Å²) in [5, 5.41) is 0. The van der Waals surface area contributed by atoms with Gasteiger partial charge < -0.3 is 4.79 Å². The minimum Gasteiger partial charge on any atom is -0.300 e. The Morgan fingerprint density at radius 1 is 1.12 bits per heavy atom. The summed E-state index contributed by atoms with van der Waals surface area (Å²) in [7, 11) is 0. The zero-order valence-corrected chi connectivity index (χ0v) is 10.2. The van der Waals surface area contributed by atoms with Crippen molar-refractivity contribution in [1.29, 1.82) is 0 Å². The Morgan fingerprint density at radius 3 is 2.31 bits per heavy atom. The highest BCUT2D eigenvalue weighted by Crippen LogP contribution is 2.15. The van der Waals surface area contributed by atoms with Gasteiger partial charge in [0.15, 0.2) is 5.78 Å². The average molecular weight is 218 g/mol. The first-order valence-electron chi connectivity index (χ1n) is 5.66. The average Bonchev–Trinajstić information content (AvgIpc) is 2.25. The van der Waals surface area contributed by atoms with Crippen LogP contribution < -0.4 is 0 Å². The van der Waals surface area contributed by atoms with Crippen LogP contribution >= 0.6 is 0 Å². The van der Waals surface area contributed by atoms with Crippen molar-refractivity contribution in [3.63, 3.8) is 0 Å². The van der Waals surface area contributed by atoms with E-state index in [1.807, 2.05) is 18.2 Å². The number of carbonyl (C=O) groups is 2. The van der Waals surface area contributed by atoms with E-state index in [1.54, 1.807) is 13.8 Å². The first kappa shape index (κ1) is 12.6. The molecule has 0 fully saturated rings. The summed E-state index contributed by atoms with van der Waals surface area (Å²) in [5.41, 5.74) is 3.09. The largest absolute Gasteiger partial charge is 0.300 e. The van der Waals surface area contributed by atoms with E-state index in [9.17, 15) is 9.59 Å². The third-order valence-electron chi connectivity index (χ3n) is 2.74. The smallest absolute Gasteiger partial charge is 0.159 e. The molecule has 0 spiro atoms. The number of hydrogen-bond acceptors (Lipinski definition) is 2. The van der Waals surface area contributed by atoms with Crippen LogP contribution in [0.2, 0.25) is 0 Å². The molecule has 1 aromatic rings. The number of ketones is 2. The molecule has 0 N–H and O–H groups in total. The highest BCUT2D eigenvalue weighted by molar-refractivity contribution is 5.94. The third kappa shape index (κ3) is 3.30. The van der Waals surface area contributed by atoms with Crippen LogP contribution in [0.25, 0.3) is 0 Å². The highest BCUT2D eigenvalue weighted by atomic mass is 16.1. The topological polar surface area (TPSA) is 34.1 Å². The third-order valence-corrected chi connectivity index (χ3v) is 2.74. The van der Waals surface area contributed by atoms with Crippen molar-refractivity contribution in [2.24, 2.45) is 0 Å². The van der Waals surface area contributed by atoms with Crippen LogP contribution in [0.4, 0.5) is 0 Å². The van der Waals surface area contributed by atoms with Crippen LogP contribution in [0.5, 0.6) is 0 Å². The van der Waals surface area contributed by atoms with Crippen LogP contribution in [0, 0.1) is 0 Å². The van der Waals surface area contributed by atoms with E-state index in [0.29, 0.717) is 6.42 Å². The Morgan fingerprint density at radius 2 is 1.81 bits per heavy atom. The van der Waals surface area contributed by atoms with Gasteiger partial charge in [-0.3, -0.25) is 4.79 Å². The van der Waals surface area contributed by atoms with Crippen LogP contribution in [-0.4, -0.2) is 11.6 Å². The van der Waals surface area contributed by atoms with Gasteiger partial charge in [-0.2, -0.15) is 0 Å². The SMILES string of the molecule is CCc1ccc(C(C)=O)cc1CCC(C)=O. The van der Waals surface area contributed by atoms with E-state index in [-0.39, 0.29) is 11.6 Å². The Bertz CT molecular complexity index is 405. The van der Waals surface area contributed by atoms with Crippen molar-refractivity contribution in [3.05, 3.63) is 34.9 Å². The van der Waals surface area contributed by atoms with E-state index in [4.69, 9.17) is 0 Å². The molecular weight excluding hydrogens is 200 g/mol. The van der Waals surface area contributed by atoms with E-state index < -0.39 is 0 Å². The predicted molar refractivity (Wildman–Crippen MR) is 64.8 cm³/mol. The molecule has 0 aliphatic carbocycles. The Kier molecular flexibility index (Phi) is 4.41. The zero-order valence-electron chi connectivity index (χ0n) is 10.2. The number of rotatable bonds is 5. The van der Waals surface area contributed by atoms with Crippen LogP contribution in [0.3, 0.4) is 0 Å². The molecule has 0 saturated heterocycles. The van der Waals surface area contributed by atoms with E-state index in [2.05, 4.69) is 6.92 Å². The quantitative estimate of drug-likeness (QED) is 0.712. The zero-order chi connectivity index (χ0) is 12.1. The van der Waals surface area contributed by atoms with Gasteiger partial charge in [-0.1, -0.05) is 19.1 Å². The van der Waals surface area contributed by atoms with Gasteiger partial charge >= 0.3 is 0 Å². The molecule has 2 nitrogen and oxygen atoms in total. The molecule has 0 unspecified atom stereocenters. The minimum absolute atomic E-state index is 0.0757. The van der Waals surface area contributed by atoms with Gasteiger partial charge in [0.25, 0.3) is 0 Å². The van der Waals surface area contributed by atoms with Gasteiger partial charge in [0.2, 0.25) is 0 Å². The summed E-state index contributed by atoms with van der Waals surface area (Å²) in [6.07, 6.45) is 2.22. The van der Waals surface area contributed by atoms with Crippen molar-refractivity contribution in [2.75, 3.05) is 0 Å². The minimum atomic E-state index is 0.0757. The summed E-state index contributed by atoms with van der Waals surface area (Å²) in [6, 6.07) is 5.77. The lowest BCUT2D eigenvalue weighted by Crippen LogP contribution is -2.01. The van der Waals surface area contributed by atoms with E-state index >= 15 is 0 Å². The Hall–Kier alpha value is -1.44. The molecule has 0 aromatic heterocycles. The lowest BCUT2D eigenvalue weighted by Gasteiger charge is -2.08. The number of benzene rings is 1. The van der Waals surface area contributed by atoms with Gasteiger partial charge in [-0.15, -0.1) is 0 Å². The summed E-state index contributed by atoms with van der Waals surface area (Å²) < 4.78 is 0. The number of carbonyl (C=O) groups excluding carboxylic acids is 2. The maximum absolute atomic E-state index is 11.3. The van der Waals surface area contributed by atoms with Crippen molar-refractivity contribution in [2.45, 2.75) is 40.0 Å². The fourth-order valence-electron chi connectivity index (χ4n) is 1.73. The molecule has 0 atom stereocenters. The Labute approximate surface area is 96.7 Å². The van der Waals surface area contributed by atoms with Gasteiger partial charge in [0.05, 0.1) is 0 Å². The molecule has 0 heterocycles. The molecule has 0 saturated carbocycles. The summed E-state index contributed by atoms with van der Waals surface area (Å²) in [4.78, 5) is 22.2. The second kappa shape index (κ2) is 5.59. The molecule has 0 amide bonds. The van der Waals surface area contributed by atoms with Gasteiger partial charge in [0, 0.05) is 12.0 Å². The highest BCUT2D eigenvalue weighted by Gasteiger charge is 2.06. The van der Waals surface area contributed by atoms with E-state index in [1.165, 1.54) is 5.56 Å². The standard InChI is InChI=1S/C14H18O2/c1-4-12-7-8-13(11(3)16)9-14(12)6-5-10(2)15/h7-9H,4-6H2,1-3H3. The maximum atomic E-state index is 11.3. The monoisotopic (exact) mass is 218 g/mol. The van der Waals surface area contributed by atoms with Gasteiger partial charge in [0.1, 0.15) is 5.78 Å². The van der Waals surface area contributed by atoms with Crippen LogP contribution in [0.1, 0.15) is 48.7 Å². The van der Waals surface area contributed by atoms with E-state index in [0.717, 1.165) is 24.0 Å². The van der Waals surface area contributed by atoms with Gasteiger partial charge in [-0.05, 0) is 43.9 Å². The fraction of sp³-hybridized carbons (Fsp3) is 0.429. The molecule has 0 aliphatic heterocycles. The lowest BCUT2D eigenvalue weighted by molar-refractivity contribution is -0.116. The normalized spacial score (nSPS) is 10.2. The van der Waals surface area contributed by atoms with Crippen molar-refractivity contribution < 1.29 is 9.59 Å². The Balaban J connectivity index is 2.97. The summed E-state index contributed by atoms with van der Waals surface area (Å²) >= 11 is 0. The fourth-order valence-corrected chi connectivity index (χ4v) is 1.73. The molecule has 16 heavy (non-hydrogen) atoms. The number of Topliss-reactive ketones (excluding diaryl/α,β-unsaturated/α-hetero) is 2. The first-order chi connectivity index (χ1) is 7.54. The summed E-state index contributed by atoms with van der Waals surface area (Å²) in [6.45, 7) is 5.25. The van der Waals surface area contributed by atoms with Crippen LogP contribution in [0.15, 0.2) is 18.2 Å². The van der Waals surface area contributed by atoms with Crippen molar-refractivity contribution >= 4 is 11.6 Å². The van der Waals surface area contributed by atoms with Crippen molar-refractivity contribution in [1.82, 2.24) is 0 Å². The molecule has 0 radical (unpaired) electrons. The number of hydrogen-bond donors (Lipinski definition) is 0.